The summed E-state index contributed by atoms with van der Waals surface area (Å²) >= 11 is 0. The molecule has 2 nitrogen and oxygen atoms in total. The first-order valence-electron chi connectivity index (χ1n) is 21.7. The molecule has 63 heavy (non-hydrogen) atoms. The second kappa shape index (κ2) is 16.7. The summed E-state index contributed by atoms with van der Waals surface area (Å²) < 4.78 is 0. The van der Waals surface area contributed by atoms with Gasteiger partial charge in [-0.15, -0.1) is 0 Å². The van der Waals surface area contributed by atoms with Gasteiger partial charge in [-0.05, 0) is 127 Å². The number of hydrogen-bond donors (Lipinski definition) is 0. The lowest BCUT2D eigenvalue weighted by molar-refractivity contribution is 1.09. The molecule has 0 saturated carbocycles. The van der Waals surface area contributed by atoms with Crippen molar-refractivity contribution in [3.63, 3.8) is 0 Å². The van der Waals surface area contributed by atoms with E-state index < -0.39 is 0 Å². The van der Waals surface area contributed by atoms with Gasteiger partial charge in [-0.3, -0.25) is 0 Å². The lowest BCUT2D eigenvalue weighted by atomic mass is 9.94. The van der Waals surface area contributed by atoms with Crippen molar-refractivity contribution in [1.82, 2.24) is 0 Å². The SMILES string of the molecule is c1ccc(-c2ccc(-c3ccc(N(c4ccc(-c5ccc(-c6ccccc6)cc5)cc4)c4ccc(-c5cccc(N6c7ccccc7Cc7ccccc76)c5)cc4)cc3)cc2)cc1. The fourth-order valence-electron chi connectivity index (χ4n) is 9.02. The molecule has 0 spiro atoms. The van der Waals surface area contributed by atoms with Crippen molar-refractivity contribution < 1.29 is 0 Å². The number of benzene rings is 10. The van der Waals surface area contributed by atoms with E-state index in [0.717, 1.165) is 29.2 Å². The molecule has 0 aromatic heterocycles. The van der Waals surface area contributed by atoms with Crippen molar-refractivity contribution in [2.45, 2.75) is 6.42 Å². The molecule has 1 aliphatic rings. The van der Waals surface area contributed by atoms with Crippen molar-refractivity contribution in [3.8, 4) is 55.6 Å². The lowest BCUT2D eigenvalue weighted by Gasteiger charge is -2.33. The van der Waals surface area contributed by atoms with Crippen LogP contribution >= 0.6 is 0 Å². The van der Waals surface area contributed by atoms with Crippen LogP contribution in [-0.4, -0.2) is 0 Å². The third-order valence-corrected chi connectivity index (χ3v) is 12.3. The molecule has 0 atom stereocenters. The summed E-state index contributed by atoms with van der Waals surface area (Å²) in [6, 6.07) is 92.2. The molecule has 298 valence electrons. The zero-order valence-electron chi connectivity index (χ0n) is 34.9. The molecule has 0 aliphatic carbocycles. The lowest BCUT2D eigenvalue weighted by Crippen LogP contribution is -2.18. The predicted molar refractivity (Wildman–Crippen MR) is 266 cm³/mol. The van der Waals surface area contributed by atoms with E-state index in [0.29, 0.717) is 0 Å². The van der Waals surface area contributed by atoms with E-state index in [-0.39, 0.29) is 0 Å². The Morgan fingerprint density at radius 1 is 0.254 bits per heavy atom. The second-order valence-electron chi connectivity index (χ2n) is 16.2. The molecule has 1 heterocycles. The quantitative estimate of drug-likeness (QED) is 0.143. The van der Waals surface area contributed by atoms with Crippen LogP contribution in [0, 0.1) is 0 Å². The number of nitrogens with zero attached hydrogens (tertiary/aromatic N) is 2. The van der Waals surface area contributed by atoms with Gasteiger partial charge in [0.1, 0.15) is 0 Å². The van der Waals surface area contributed by atoms with E-state index in [4.69, 9.17) is 0 Å². The van der Waals surface area contributed by atoms with Gasteiger partial charge in [0.05, 0.1) is 0 Å². The Labute approximate surface area is 370 Å². The third-order valence-electron chi connectivity index (χ3n) is 12.3. The summed E-state index contributed by atoms with van der Waals surface area (Å²) in [6.45, 7) is 0. The smallest absolute Gasteiger partial charge is 0.0497 e. The maximum atomic E-state index is 2.41. The molecule has 2 heteroatoms. The van der Waals surface area contributed by atoms with E-state index in [2.05, 4.69) is 265 Å². The largest absolute Gasteiger partial charge is 0.311 e. The minimum atomic E-state index is 0.940. The maximum Gasteiger partial charge on any atom is 0.0497 e. The Morgan fingerprint density at radius 2 is 0.556 bits per heavy atom. The zero-order valence-corrected chi connectivity index (χ0v) is 34.9. The Bertz CT molecular complexity index is 2960. The number of hydrogen-bond acceptors (Lipinski definition) is 2. The zero-order chi connectivity index (χ0) is 42.0. The van der Waals surface area contributed by atoms with Crippen LogP contribution in [0.15, 0.2) is 255 Å². The highest BCUT2D eigenvalue weighted by molar-refractivity contribution is 5.86. The van der Waals surface area contributed by atoms with Crippen LogP contribution in [0.5, 0.6) is 0 Å². The Kier molecular flexibility index (Phi) is 10.0. The third kappa shape index (κ3) is 7.60. The van der Waals surface area contributed by atoms with Gasteiger partial charge < -0.3 is 9.80 Å². The molecule has 0 N–H and O–H groups in total. The van der Waals surface area contributed by atoms with Crippen LogP contribution in [0.25, 0.3) is 55.6 Å². The van der Waals surface area contributed by atoms with Crippen LogP contribution in [0.2, 0.25) is 0 Å². The predicted octanol–water partition coefficient (Wildman–Crippen LogP) is 16.9. The van der Waals surface area contributed by atoms with E-state index in [1.165, 1.54) is 78.1 Å². The monoisotopic (exact) mass is 804 g/mol. The van der Waals surface area contributed by atoms with Crippen LogP contribution in [0.4, 0.5) is 34.1 Å². The normalized spacial score (nSPS) is 11.7. The van der Waals surface area contributed by atoms with Gasteiger partial charge in [-0.1, -0.05) is 194 Å². The Balaban J connectivity index is 0.918. The molecule has 0 fully saturated rings. The minimum Gasteiger partial charge on any atom is -0.311 e. The van der Waals surface area contributed by atoms with E-state index in [1.807, 2.05) is 0 Å². The molecule has 0 saturated heterocycles. The second-order valence-corrected chi connectivity index (χ2v) is 16.2. The van der Waals surface area contributed by atoms with Crippen LogP contribution in [0.3, 0.4) is 0 Å². The molecule has 0 bridgehead atoms. The first kappa shape index (κ1) is 37.8. The van der Waals surface area contributed by atoms with Crippen molar-refractivity contribution >= 4 is 34.1 Å². The molecule has 10 aromatic rings. The summed E-state index contributed by atoms with van der Waals surface area (Å²) in [5.74, 6) is 0. The van der Waals surface area contributed by atoms with Gasteiger partial charge in [-0.2, -0.15) is 0 Å². The van der Waals surface area contributed by atoms with Crippen LogP contribution in [-0.2, 0) is 6.42 Å². The highest BCUT2D eigenvalue weighted by atomic mass is 15.2. The van der Waals surface area contributed by atoms with Crippen molar-refractivity contribution in [2.24, 2.45) is 0 Å². The number of fused-ring (bicyclic) bond motifs is 2. The summed E-state index contributed by atoms with van der Waals surface area (Å²) in [5.41, 5.74) is 21.6. The molecule has 1 aliphatic heterocycles. The van der Waals surface area contributed by atoms with Gasteiger partial charge in [-0.25, -0.2) is 0 Å². The van der Waals surface area contributed by atoms with Crippen LogP contribution in [0.1, 0.15) is 11.1 Å². The van der Waals surface area contributed by atoms with Gasteiger partial charge in [0.25, 0.3) is 0 Å². The molecule has 11 rings (SSSR count). The van der Waals surface area contributed by atoms with Gasteiger partial charge in [0.2, 0.25) is 0 Å². The highest BCUT2D eigenvalue weighted by Gasteiger charge is 2.24. The van der Waals surface area contributed by atoms with Crippen molar-refractivity contribution in [3.05, 3.63) is 266 Å². The molecule has 0 amide bonds. The van der Waals surface area contributed by atoms with E-state index in [9.17, 15) is 0 Å². The van der Waals surface area contributed by atoms with Crippen molar-refractivity contribution in [1.29, 1.82) is 0 Å². The number of rotatable bonds is 9. The highest BCUT2D eigenvalue weighted by Crippen LogP contribution is 2.45. The summed E-state index contributed by atoms with van der Waals surface area (Å²) in [6.07, 6.45) is 0.940. The number of para-hydroxylation sites is 2. The van der Waals surface area contributed by atoms with Gasteiger partial charge in [0.15, 0.2) is 0 Å². The molecule has 0 radical (unpaired) electrons. The minimum absolute atomic E-state index is 0.940. The average molecular weight is 805 g/mol. The molecular weight excluding hydrogens is 761 g/mol. The first-order valence-corrected chi connectivity index (χ1v) is 21.7. The Morgan fingerprint density at radius 3 is 0.952 bits per heavy atom. The summed E-state index contributed by atoms with van der Waals surface area (Å²) in [7, 11) is 0. The topological polar surface area (TPSA) is 6.48 Å². The van der Waals surface area contributed by atoms with Gasteiger partial charge >= 0.3 is 0 Å². The summed E-state index contributed by atoms with van der Waals surface area (Å²) in [4.78, 5) is 4.77. The van der Waals surface area contributed by atoms with Crippen molar-refractivity contribution in [2.75, 3.05) is 9.80 Å². The summed E-state index contributed by atoms with van der Waals surface area (Å²) in [5, 5.41) is 0. The molecule has 0 unspecified atom stereocenters. The average Bonchev–Trinajstić information content (AvgIpc) is 3.37. The Hall–Kier alpha value is -8.20. The standard InChI is InChI=1S/C61H44N2/c1-3-12-44(13-4-1)46-22-26-48(27-23-46)50-30-36-56(37-31-50)62(57-38-32-51(33-39-57)49-28-24-47(25-29-49)45-14-5-2-6-15-45)58-40-34-52(35-41-58)53-18-11-19-59(43-53)63-60-20-9-7-16-54(60)42-55-17-8-10-21-61(55)63/h1-41,43H,42H2. The van der Waals surface area contributed by atoms with Crippen LogP contribution < -0.4 is 9.80 Å². The van der Waals surface area contributed by atoms with E-state index in [1.54, 1.807) is 0 Å². The molecule has 10 aromatic carbocycles. The number of anilines is 6. The fraction of sp³-hybridized carbons (Fsp3) is 0.0164. The maximum absolute atomic E-state index is 2.41. The van der Waals surface area contributed by atoms with Gasteiger partial charge in [0, 0.05) is 40.5 Å². The van der Waals surface area contributed by atoms with E-state index >= 15 is 0 Å². The molecular formula is C61H44N2. The fourth-order valence-corrected chi connectivity index (χ4v) is 9.02. The first-order chi connectivity index (χ1) is 31.2.